The molecule has 0 fully saturated rings. The normalized spacial score (nSPS) is 15.1. The van der Waals surface area contributed by atoms with Gasteiger partial charge in [0.15, 0.2) is 0 Å². The largest absolute Gasteiger partial charge is 0.288 e. The molecular weight excluding hydrogens is 272 g/mol. The van der Waals surface area contributed by atoms with Gasteiger partial charge in [0.05, 0.1) is 0 Å². The van der Waals surface area contributed by atoms with Gasteiger partial charge in [-0.15, -0.1) is 0 Å². The summed E-state index contributed by atoms with van der Waals surface area (Å²) in [5.41, 5.74) is 0. The van der Waals surface area contributed by atoms with Crippen LogP contribution in [0.2, 0.25) is 0 Å². The van der Waals surface area contributed by atoms with Crippen molar-refractivity contribution in [3.63, 3.8) is 0 Å². The average Bonchev–Trinajstić information content (AvgIpc) is 1.58. The first-order valence-corrected chi connectivity index (χ1v) is 9.52. The molecule has 0 spiro atoms. The SMILES string of the molecule is CC(C)(P(=O)(Cl)Cl)P(=O)(Cl)Cl. The molecule has 2 nitrogen and oxygen atoms in total. The second-order valence-electron chi connectivity index (χ2n) is 2.42. The van der Waals surface area contributed by atoms with Crippen molar-refractivity contribution in [2.75, 3.05) is 0 Å². The topological polar surface area (TPSA) is 34.1 Å². The lowest BCUT2D eigenvalue weighted by molar-refractivity contribution is 0.569. The first-order valence-electron chi connectivity index (χ1n) is 2.49. The fourth-order valence-electron chi connectivity index (χ4n) is 0.136. The van der Waals surface area contributed by atoms with Crippen molar-refractivity contribution in [1.29, 1.82) is 0 Å². The molecule has 0 rings (SSSR count). The third kappa shape index (κ3) is 2.79. The van der Waals surface area contributed by atoms with Gasteiger partial charge in [-0.1, -0.05) is 0 Å². The molecule has 0 aliphatic rings. The van der Waals surface area contributed by atoms with Gasteiger partial charge in [-0.05, 0) is 58.8 Å². The maximum Gasteiger partial charge on any atom is 0.267 e. The van der Waals surface area contributed by atoms with E-state index >= 15 is 0 Å². The molecule has 0 aromatic heterocycles. The lowest BCUT2D eigenvalue weighted by Crippen LogP contribution is -2.10. The van der Waals surface area contributed by atoms with Crippen molar-refractivity contribution in [3.05, 3.63) is 0 Å². The van der Waals surface area contributed by atoms with Crippen molar-refractivity contribution in [2.24, 2.45) is 0 Å². The quantitative estimate of drug-likeness (QED) is 0.661. The lowest BCUT2D eigenvalue weighted by atomic mass is 10.5. The van der Waals surface area contributed by atoms with Crippen LogP contribution in [0.5, 0.6) is 0 Å². The summed E-state index contributed by atoms with van der Waals surface area (Å²) < 4.78 is 22.1. The summed E-state index contributed by atoms with van der Waals surface area (Å²) in [6.45, 7) is 2.60. The van der Waals surface area contributed by atoms with Gasteiger partial charge in [0.1, 0.15) is 4.90 Å². The number of hydrogen-bond acceptors (Lipinski definition) is 2. The average molecular weight is 278 g/mol. The van der Waals surface area contributed by atoms with Gasteiger partial charge < -0.3 is 0 Å². The van der Waals surface area contributed by atoms with Crippen LogP contribution in [0, 0.1) is 0 Å². The van der Waals surface area contributed by atoms with Crippen LogP contribution in [-0.4, -0.2) is 4.90 Å². The fraction of sp³-hybridized carbons (Fsp3) is 1.00. The predicted molar refractivity (Wildman–Crippen MR) is 52.7 cm³/mol. The predicted octanol–water partition coefficient (Wildman–Crippen LogP) is 5.06. The van der Waals surface area contributed by atoms with E-state index in [1.54, 1.807) is 0 Å². The van der Waals surface area contributed by atoms with Crippen molar-refractivity contribution in [1.82, 2.24) is 0 Å². The summed E-state index contributed by atoms with van der Waals surface area (Å²) in [5, 5.41) is 0. The molecular formula is C3H6Cl4O2P2. The Balaban J connectivity index is 5.08. The van der Waals surface area contributed by atoms with Crippen molar-refractivity contribution < 1.29 is 9.13 Å². The molecule has 0 heterocycles. The van der Waals surface area contributed by atoms with E-state index in [1.807, 2.05) is 0 Å². The highest BCUT2D eigenvalue weighted by Crippen LogP contribution is 2.84. The van der Waals surface area contributed by atoms with E-state index in [9.17, 15) is 9.13 Å². The molecule has 0 aromatic carbocycles. The molecule has 0 aromatic rings. The van der Waals surface area contributed by atoms with E-state index in [-0.39, 0.29) is 0 Å². The minimum absolute atomic E-state index is 1.30. The van der Waals surface area contributed by atoms with E-state index in [0.29, 0.717) is 0 Å². The zero-order chi connectivity index (χ0) is 9.50. The summed E-state index contributed by atoms with van der Waals surface area (Å²) in [5.74, 6) is -7.15. The smallest absolute Gasteiger partial charge is 0.267 e. The molecule has 68 valence electrons. The second-order valence-corrected chi connectivity index (χ2v) is 13.6. The molecule has 0 bridgehead atoms. The lowest BCUT2D eigenvalue weighted by Gasteiger charge is -2.25. The molecule has 0 saturated carbocycles. The molecule has 0 N–H and O–H groups in total. The van der Waals surface area contributed by atoms with Crippen LogP contribution in [-0.2, 0) is 9.13 Å². The summed E-state index contributed by atoms with van der Waals surface area (Å²) in [7, 11) is 0. The Morgan fingerprint density at radius 3 is 1.09 bits per heavy atom. The van der Waals surface area contributed by atoms with Crippen LogP contribution in [0.15, 0.2) is 0 Å². The van der Waals surface area contributed by atoms with Gasteiger partial charge in [0, 0.05) is 0 Å². The minimum atomic E-state index is -3.57. The monoisotopic (exact) mass is 276 g/mol. The molecule has 8 heteroatoms. The van der Waals surface area contributed by atoms with Gasteiger partial charge in [0.2, 0.25) is 0 Å². The molecule has 0 radical (unpaired) electrons. The minimum Gasteiger partial charge on any atom is -0.288 e. The second kappa shape index (κ2) is 3.40. The van der Waals surface area contributed by atoms with E-state index in [2.05, 4.69) is 0 Å². The first-order chi connectivity index (χ1) is 4.50. The highest BCUT2D eigenvalue weighted by atomic mass is 35.9. The Kier molecular flexibility index (Phi) is 3.91. The summed E-state index contributed by atoms with van der Waals surface area (Å²) in [6, 6.07) is 0. The summed E-state index contributed by atoms with van der Waals surface area (Å²) in [4.78, 5) is -1.45. The maximum absolute atomic E-state index is 11.1. The van der Waals surface area contributed by atoms with E-state index in [1.165, 1.54) is 13.8 Å². The zero-order valence-corrected chi connectivity index (χ0v) is 10.5. The van der Waals surface area contributed by atoms with Gasteiger partial charge in [0.25, 0.3) is 11.7 Å². The molecule has 0 saturated heterocycles. The van der Waals surface area contributed by atoms with Gasteiger partial charge in [-0.25, -0.2) is 0 Å². The van der Waals surface area contributed by atoms with Crippen LogP contribution in [0.4, 0.5) is 0 Å². The van der Waals surface area contributed by atoms with Crippen molar-refractivity contribution >= 4 is 56.7 Å². The number of rotatable bonds is 2. The van der Waals surface area contributed by atoms with Gasteiger partial charge in [-0.2, -0.15) is 0 Å². The van der Waals surface area contributed by atoms with Crippen LogP contribution < -0.4 is 0 Å². The molecule has 0 aliphatic carbocycles. The molecule has 0 amide bonds. The zero-order valence-electron chi connectivity index (χ0n) is 5.72. The summed E-state index contributed by atoms with van der Waals surface area (Å²) >= 11 is 21.2. The van der Waals surface area contributed by atoms with Crippen LogP contribution in [0.25, 0.3) is 0 Å². The Morgan fingerprint density at radius 1 is 0.909 bits per heavy atom. The first kappa shape index (κ1) is 12.6. The van der Waals surface area contributed by atoms with Crippen molar-refractivity contribution in [2.45, 2.75) is 18.7 Å². The fourth-order valence-corrected chi connectivity index (χ4v) is 6.45. The van der Waals surface area contributed by atoms with Crippen LogP contribution >= 0.6 is 56.7 Å². The highest BCUT2D eigenvalue weighted by molar-refractivity contribution is 8.22. The third-order valence-corrected chi connectivity index (χ3v) is 12.0. The molecule has 11 heavy (non-hydrogen) atoms. The molecule has 0 unspecified atom stereocenters. The van der Waals surface area contributed by atoms with Crippen molar-refractivity contribution in [3.8, 4) is 0 Å². The standard InChI is InChI=1S/C3H6Cl4O2P2/c1-3(2,10(4,5)8)11(6,7)9/h1-2H3. The Hall–Kier alpha value is 1.62. The number of hydrogen-bond donors (Lipinski definition) is 0. The Morgan fingerprint density at radius 2 is 1.09 bits per heavy atom. The van der Waals surface area contributed by atoms with E-state index < -0.39 is 16.6 Å². The van der Waals surface area contributed by atoms with E-state index in [4.69, 9.17) is 45.0 Å². The number of halogens is 4. The molecule has 0 aliphatic heterocycles. The highest BCUT2D eigenvalue weighted by Gasteiger charge is 2.50. The van der Waals surface area contributed by atoms with E-state index in [0.717, 1.165) is 0 Å². The Bertz CT molecular complexity index is 214. The van der Waals surface area contributed by atoms with Crippen LogP contribution in [0.1, 0.15) is 13.8 Å². The maximum atomic E-state index is 11.1. The third-order valence-electron chi connectivity index (χ3n) is 1.27. The Labute approximate surface area is 84.4 Å². The van der Waals surface area contributed by atoms with Crippen LogP contribution in [0.3, 0.4) is 0 Å². The van der Waals surface area contributed by atoms with Gasteiger partial charge in [-0.3, -0.25) is 9.13 Å². The summed E-state index contributed by atoms with van der Waals surface area (Å²) in [6.07, 6.45) is 0. The van der Waals surface area contributed by atoms with Gasteiger partial charge >= 0.3 is 0 Å². The molecule has 0 atom stereocenters.